The molecular formula is C19H18ClN7O4. The minimum atomic E-state index is -0.623. The number of benzene rings is 1. The molecule has 0 aliphatic heterocycles. The van der Waals surface area contributed by atoms with Crippen LogP contribution in [0.2, 0.25) is 5.02 Å². The van der Waals surface area contributed by atoms with Crippen LogP contribution in [0.25, 0.3) is 11.2 Å². The van der Waals surface area contributed by atoms with E-state index in [1.165, 1.54) is 46.8 Å². The lowest BCUT2D eigenvalue weighted by Crippen LogP contribution is -2.42. The second-order valence-corrected chi connectivity index (χ2v) is 7.62. The first-order valence-electron chi connectivity index (χ1n) is 9.58. The number of nitrogens with one attached hydrogen (secondary N) is 1. The molecule has 1 aromatic carbocycles. The van der Waals surface area contributed by atoms with Crippen molar-refractivity contribution < 1.29 is 4.92 Å². The van der Waals surface area contributed by atoms with E-state index in [1.54, 1.807) is 0 Å². The summed E-state index contributed by atoms with van der Waals surface area (Å²) in [5.41, 5.74) is 2.42. The minimum Gasteiger partial charge on any atom is -0.303 e. The molecule has 1 fully saturated rings. The van der Waals surface area contributed by atoms with E-state index in [1.807, 2.05) is 0 Å². The van der Waals surface area contributed by atoms with Gasteiger partial charge in [0.2, 0.25) is 5.95 Å². The van der Waals surface area contributed by atoms with Crippen LogP contribution in [-0.2, 0) is 7.05 Å². The lowest BCUT2D eigenvalue weighted by Gasteiger charge is -2.17. The highest BCUT2D eigenvalue weighted by Gasteiger charge is 2.23. The van der Waals surface area contributed by atoms with Crippen LogP contribution < -0.4 is 16.5 Å². The molecule has 4 rings (SSSR count). The Bertz CT molecular complexity index is 1330. The maximum Gasteiger partial charge on any atom is 0.318 e. The summed E-state index contributed by atoms with van der Waals surface area (Å²) in [5, 5.41) is 15.2. The molecule has 0 bridgehead atoms. The molecule has 160 valence electrons. The van der Waals surface area contributed by atoms with Gasteiger partial charge in [-0.05, 0) is 18.9 Å². The van der Waals surface area contributed by atoms with Crippen LogP contribution in [0, 0.1) is 10.1 Å². The van der Waals surface area contributed by atoms with Gasteiger partial charge in [-0.15, -0.1) is 0 Å². The van der Waals surface area contributed by atoms with Gasteiger partial charge >= 0.3 is 11.1 Å². The number of aromatic nitrogens is 4. The molecule has 1 aliphatic rings. The summed E-state index contributed by atoms with van der Waals surface area (Å²) >= 11 is 6.06. The van der Waals surface area contributed by atoms with Gasteiger partial charge in [-0.1, -0.05) is 24.4 Å². The second-order valence-electron chi connectivity index (χ2n) is 7.21. The van der Waals surface area contributed by atoms with Crippen LogP contribution in [0.3, 0.4) is 0 Å². The molecule has 31 heavy (non-hydrogen) atoms. The smallest absolute Gasteiger partial charge is 0.303 e. The van der Waals surface area contributed by atoms with E-state index in [2.05, 4.69) is 20.5 Å². The Balaban J connectivity index is 1.71. The van der Waals surface area contributed by atoms with Gasteiger partial charge in [-0.3, -0.25) is 24.3 Å². The molecule has 1 N–H and O–H groups in total. The molecule has 12 heteroatoms. The van der Waals surface area contributed by atoms with E-state index in [4.69, 9.17) is 11.6 Å². The highest BCUT2D eigenvalue weighted by atomic mass is 35.5. The average molecular weight is 444 g/mol. The lowest BCUT2D eigenvalue weighted by atomic mass is 10.2. The minimum absolute atomic E-state index is 0.0844. The van der Waals surface area contributed by atoms with Crippen molar-refractivity contribution in [2.75, 3.05) is 5.43 Å². The molecule has 2 heterocycles. The second kappa shape index (κ2) is 8.26. The number of halogens is 1. The summed E-state index contributed by atoms with van der Waals surface area (Å²) in [4.78, 5) is 44.0. The first kappa shape index (κ1) is 20.7. The summed E-state index contributed by atoms with van der Waals surface area (Å²) in [7, 11) is 1.50. The van der Waals surface area contributed by atoms with E-state index in [9.17, 15) is 19.7 Å². The molecule has 0 unspecified atom stereocenters. The molecule has 0 saturated heterocycles. The quantitative estimate of drug-likeness (QED) is 0.277. The molecule has 0 radical (unpaired) electrons. The van der Waals surface area contributed by atoms with Crippen LogP contribution in [0.1, 0.15) is 37.3 Å². The fourth-order valence-electron chi connectivity index (χ4n) is 3.69. The zero-order valence-corrected chi connectivity index (χ0v) is 17.2. The number of rotatable bonds is 5. The zero-order valence-electron chi connectivity index (χ0n) is 16.5. The predicted octanol–water partition coefficient (Wildman–Crippen LogP) is 2.61. The molecule has 1 aliphatic carbocycles. The summed E-state index contributed by atoms with van der Waals surface area (Å²) in [6.45, 7) is 0. The monoisotopic (exact) mass is 443 g/mol. The van der Waals surface area contributed by atoms with E-state index < -0.39 is 16.0 Å². The Labute approximate surface area is 180 Å². The lowest BCUT2D eigenvalue weighted by molar-refractivity contribution is -0.384. The van der Waals surface area contributed by atoms with Gasteiger partial charge in [0.1, 0.15) is 5.52 Å². The average Bonchev–Trinajstić information content (AvgIpc) is 3.28. The van der Waals surface area contributed by atoms with Crippen LogP contribution in [0.5, 0.6) is 0 Å². The van der Waals surface area contributed by atoms with Crippen molar-refractivity contribution >= 4 is 40.6 Å². The van der Waals surface area contributed by atoms with Gasteiger partial charge in [-0.2, -0.15) is 10.1 Å². The molecule has 1 saturated carbocycles. The molecular weight excluding hydrogens is 426 g/mol. The van der Waals surface area contributed by atoms with Crippen molar-refractivity contribution in [2.45, 2.75) is 31.7 Å². The van der Waals surface area contributed by atoms with Crippen molar-refractivity contribution in [2.24, 2.45) is 12.1 Å². The highest BCUT2D eigenvalue weighted by molar-refractivity contribution is 6.33. The van der Waals surface area contributed by atoms with Crippen LogP contribution in [0.4, 0.5) is 11.6 Å². The fourth-order valence-corrected chi connectivity index (χ4v) is 3.86. The van der Waals surface area contributed by atoms with Crippen molar-refractivity contribution in [3.63, 3.8) is 0 Å². The highest BCUT2D eigenvalue weighted by Crippen LogP contribution is 2.30. The van der Waals surface area contributed by atoms with Gasteiger partial charge in [0.25, 0.3) is 5.69 Å². The molecule has 11 nitrogen and oxygen atoms in total. The SMILES string of the molecule is Cn1c(=O)c(=O)n(C2CCCC2)c2nc(N/N=C/c3cc([N+](=O)[O-])ccc3Cl)ncc21. The number of nitro groups is 1. The maximum absolute atomic E-state index is 12.7. The standard InChI is InChI=1S/C19H18ClN7O4/c1-25-15-10-21-19(24-22-9-11-8-13(27(30)31)6-7-14(11)20)23-16(15)26(18(29)17(25)28)12-4-2-3-5-12/h6-10,12H,2-5H2,1H3,(H,21,23,24)/b22-9+. The first-order chi connectivity index (χ1) is 14.9. The fraction of sp³-hybridized carbons (Fsp3) is 0.316. The van der Waals surface area contributed by atoms with Crippen LogP contribution in [0.15, 0.2) is 39.1 Å². The molecule has 2 aromatic heterocycles. The summed E-state index contributed by atoms with van der Waals surface area (Å²) in [5.74, 6) is 0.107. The van der Waals surface area contributed by atoms with Crippen LogP contribution in [-0.4, -0.2) is 30.2 Å². The largest absolute Gasteiger partial charge is 0.318 e. The Hall–Kier alpha value is -3.60. The number of nitro benzene ring substituents is 1. The zero-order chi connectivity index (χ0) is 22.1. The first-order valence-corrected chi connectivity index (χ1v) is 9.96. The molecule has 0 atom stereocenters. The maximum atomic E-state index is 12.7. The number of aryl methyl sites for hydroxylation is 1. The molecule has 0 amide bonds. The number of non-ortho nitro benzene ring substituents is 1. The van der Waals surface area contributed by atoms with E-state index in [0.29, 0.717) is 21.7 Å². The van der Waals surface area contributed by atoms with Crippen molar-refractivity contribution in [1.82, 2.24) is 19.1 Å². The molecule has 0 spiro atoms. The summed E-state index contributed by atoms with van der Waals surface area (Å²) in [6, 6.07) is 3.92. The Kier molecular flexibility index (Phi) is 5.51. The predicted molar refractivity (Wildman–Crippen MR) is 116 cm³/mol. The summed E-state index contributed by atoms with van der Waals surface area (Å²) < 4.78 is 2.69. The normalized spacial score (nSPS) is 14.5. The van der Waals surface area contributed by atoms with Gasteiger partial charge < -0.3 is 4.57 Å². The number of hydrogen-bond acceptors (Lipinski definition) is 8. The number of nitrogens with zero attached hydrogens (tertiary/aromatic N) is 6. The third-order valence-corrected chi connectivity index (χ3v) is 5.64. The Morgan fingerprint density at radius 2 is 2.03 bits per heavy atom. The number of hydrazone groups is 1. The third-order valence-electron chi connectivity index (χ3n) is 5.29. The van der Waals surface area contributed by atoms with Crippen molar-refractivity contribution in [1.29, 1.82) is 0 Å². The number of hydrogen-bond donors (Lipinski definition) is 1. The Morgan fingerprint density at radius 1 is 1.29 bits per heavy atom. The van der Waals surface area contributed by atoms with E-state index in [0.717, 1.165) is 25.7 Å². The third kappa shape index (κ3) is 3.91. The van der Waals surface area contributed by atoms with Gasteiger partial charge in [0.05, 0.1) is 17.3 Å². The molecule has 3 aromatic rings. The van der Waals surface area contributed by atoms with Crippen molar-refractivity contribution in [3.05, 3.63) is 65.8 Å². The van der Waals surface area contributed by atoms with E-state index in [-0.39, 0.29) is 17.7 Å². The van der Waals surface area contributed by atoms with Gasteiger partial charge in [0.15, 0.2) is 5.65 Å². The van der Waals surface area contributed by atoms with Crippen molar-refractivity contribution in [3.8, 4) is 0 Å². The topological polar surface area (TPSA) is 137 Å². The van der Waals surface area contributed by atoms with Gasteiger partial charge in [0, 0.05) is 35.8 Å². The number of anilines is 1. The summed E-state index contributed by atoms with van der Waals surface area (Å²) in [6.07, 6.45) is 6.34. The van der Waals surface area contributed by atoms with E-state index >= 15 is 0 Å². The van der Waals surface area contributed by atoms with Crippen LogP contribution >= 0.6 is 11.6 Å². The Morgan fingerprint density at radius 3 is 2.74 bits per heavy atom. The number of fused-ring (bicyclic) bond motifs is 1. The van der Waals surface area contributed by atoms with Gasteiger partial charge in [-0.25, -0.2) is 10.4 Å².